The number of carbonyl (C=O) groups is 1. The largest absolute Gasteiger partial charge is 0.497 e. The number of ether oxygens (including phenoxy) is 1. The van der Waals surface area contributed by atoms with Gasteiger partial charge in [-0.3, -0.25) is 4.79 Å². The molecule has 0 N–H and O–H groups in total. The zero-order valence-corrected chi connectivity index (χ0v) is 10.2. The highest BCUT2D eigenvalue weighted by atomic mass is 32.1. The van der Waals surface area contributed by atoms with E-state index >= 15 is 0 Å². The Morgan fingerprint density at radius 3 is 2.89 bits per heavy atom. The number of carbonyl (C=O) groups excluding carboxylic acids is 1. The van der Waals surface area contributed by atoms with Crippen LogP contribution in [-0.4, -0.2) is 17.9 Å². The summed E-state index contributed by atoms with van der Waals surface area (Å²) in [5, 5.41) is 0. The Kier molecular flexibility index (Phi) is 3.66. The van der Waals surface area contributed by atoms with Crippen LogP contribution < -0.4 is 4.74 Å². The van der Waals surface area contributed by atoms with Gasteiger partial charge in [-0.25, -0.2) is 13.8 Å². The topological polar surface area (TPSA) is 39.2 Å². The number of rotatable bonds is 4. The lowest BCUT2D eigenvalue weighted by atomic mass is 10.1. The van der Waals surface area contributed by atoms with E-state index in [1.54, 1.807) is 18.2 Å². The number of aromatic nitrogens is 1. The van der Waals surface area contributed by atoms with Crippen LogP contribution in [0.4, 0.5) is 8.78 Å². The van der Waals surface area contributed by atoms with Gasteiger partial charge in [-0.15, -0.1) is 11.3 Å². The summed E-state index contributed by atoms with van der Waals surface area (Å²) in [5.41, 5.74) is 1.09. The summed E-state index contributed by atoms with van der Waals surface area (Å²) in [6.07, 6.45) is -2.75. The number of benzene rings is 1. The molecular weight excluding hydrogens is 260 g/mol. The molecule has 0 radical (unpaired) electrons. The number of thiazole rings is 1. The molecule has 0 fully saturated rings. The lowest BCUT2D eigenvalue weighted by molar-refractivity contribution is 0.102. The van der Waals surface area contributed by atoms with E-state index in [9.17, 15) is 13.6 Å². The number of hydrogen-bond donors (Lipinski definition) is 0. The summed E-state index contributed by atoms with van der Waals surface area (Å²) >= 11 is 0.913. The van der Waals surface area contributed by atoms with Crippen molar-refractivity contribution in [1.82, 2.24) is 4.98 Å². The summed E-state index contributed by atoms with van der Waals surface area (Å²) < 4.78 is 30.3. The van der Waals surface area contributed by atoms with Crippen molar-refractivity contribution >= 4 is 17.1 Å². The molecule has 0 aliphatic rings. The SMILES string of the molecule is COc1cccc(C(=O)c2scnc2C(F)F)c1. The minimum Gasteiger partial charge on any atom is -0.497 e. The Labute approximate surface area is 106 Å². The summed E-state index contributed by atoms with van der Waals surface area (Å²) in [6, 6.07) is 6.38. The van der Waals surface area contributed by atoms with Gasteiger partial charge in [-0.05, 0) is 12.1 Å². The van der Waals surface area contributed by atoms with Gasteiger partial charge in [0, 0.05) is 5.56 Å². The van der Waals surface area contributed by atoms with Gasteiger partial charge in [0.2, 0.25) is 5.78 Å². The zero-order valence-electron chi connectivity index (χ0n) is 9.39. The maximum absolute atomic E-state index is 12.6. The van der Waals surface area contributed by atoms with E-state index < -0.39 is 17.9 Å². The molecule has 0 aliphatic carbocycles. The third-order valence-corrected chi connectivity index (χ3v) is 3.18. The van der Waals surface area contributed by atoms with Crippen LogP contribution in [0.2, 0.25) is 0 Å². The summed E-state index contributed by atoms with van der Waals surface area (Å²) in [5.74, 6) is 0.0377. The van der Waals surface area contributed by atoms with Crippen LogP contribution in [0.1, 0.15) is 27.4 Å². The fourth-order valence-electron chi connectivity index (χ4n) is 1.48. The average Bonchev–Trinajstić information content (AvgIpc) is 2.87. The van der Waals surface area contributed by atoms with Crippen LogP contribution in [0, 0.1) is 0 Å². The summed E-state index contributed by atoms with van der Waals surface area (Å²) in [6.45, 7) is 0. The third kappa shape index (κ3) is 2.38. The van der Waals surface area contributed by atoms with Gasteiger partial charge in [0.05, 0.1) is 12.6 Å². The van der Waals surface area contributed by atoms with Gasteiger partial charge in [0.1, 0.15) is 16.3 Å². The molecule has 0 spiro atoms. The Morgan fingerprint density at radius 2 is 2.22 bits per heavy atom. The highest BCUT2D eigenvalue weighted by Gasteiger charge is 2.22. The summed E-state index contributed by atoms with van der Waals surface area (Å²) in [7, 11) is 1.47. The number of methoxy groups -OCH3 is 1. The maximum Gasteiger partial charge on any atom is 0.281 e. The highest BCUT2D eigenvalue weighted by Crippen LogP contribution is 2.27. The van der Waals surface area contributed by atoms with E-state index in [2.05, 4.69) is 4.98 Å². The van der Waals surface area contributed by atoms with Crippen LogP contribution in [0.5, 0.6) is 5.75 Å². The smallest absolute Gasteiger partial charge is 0.281 e. The van der Waals surface area contributed by atoms with E-state index in [0.717, 1.165) is 11.3 Å². The van der Waals surface area contributed by atoms with Crippen LogP contribution in [0.15, 0.2) is 29.8 Å². The molecule has 1 aromatic heterocycles. The van der Waals surface area contributed by atoms with E-state index in [4.69, 9.17) is 4.74 Å². The highest BCUT2D eigenvalue weighted by molar-refractivity contribution is 7.12. The molecule has 0 saturated heterocycles. The van der Waals surface area contributed by atoms with E-state index in [0.29, 0.717) is 11.3 Å². The van der Waals surface area contributed by atoms with Crippen molar-refractivity contribution in [1.29, 1.82) is 0 Å². The van der Waals surface area contributed by atoms with Crippen molar-refractivity contribution in [3.63, 3.8) is 0 Å². The number of alkyl halides is 2. The van der Waals surface area contributed by atoms with Gasteiger partial charge in [-0.2, -0.15) is 0 Å². The average molecular weight is 269 g/mol. The van der Waals surface area contributed by atoms with Crippen molar-refractivity contribution in [3.8, 4) is 5.75 Å². The Balaban J connectivity index is 2.38. The molecule has 6 heteroatoms. The molecule has 0 amide bonds. The predicted molar refractivity (Wildman–Crippen MR) is 63.5 cm³/mol. The molecule has 0 aliphatic heterocycles. The van der Waals surface area contributed by atoms with Gasteiger partial charge in [0.25, 0.3) is 6.43 Å². The van der Waals surface area contributed by atoms with Gasteiger partial charge < -0.3 is 4.74 Å². The lowest BCUT2D eigenvalue weighted by Gasteiger charge is -2.03. The second-order valence-corrected chi connectivity index (χ2v) is 4.28. The van der Waals surface area contributed by atoms with Crippen LogP contribution in [-0.2, 0) is 0 Å². The maximum atomic E-state index is 12.6. The Bertz CT molecular complexity index is 569. The number of hydrogen-bond acceptors (Lipinski definition) is 4. The van der Waals surface area contributed by atoms with Crippen LogP contribution in [0.3, 0.4) is 0 Å². The number of ketones is 1. The Hall–Kier alpha value is -1.82. The molecule has 2 aromatic rings. The normalized spacial score (nSPS) is 10.7. The van der Waals surface area contributed by atoms with Gasteiger partial charge in [-0.1, -0.05) is 12.1 Å². The molecular formula is C12H9F2NO2S. The van der Waals surface area contributed by atoms with Crippen LogP contribution >= 0.6 is 11.3 Å². The van der Waals surface area contributed by atoms with E-state index in [1.165, 1.54) is 18.7 Å². The predicted octanol–water partition coefficient (Wildman–Crippen LogP) is 3.32. The first-order valence-corrected chi connectivity index (χ1v) is 5.91. The first kappa shape index (κ1) is 12.6. The molecule has 0 unspecified atom stereocenters. The molecule has 2 rings (SSSR count). The second kappa shape index (κ2) is 5.22. The number of halogens is 2. The minimum atomic E-state index is -2.75. The van der Waals surface area contributed by atoms with Crippen molar-refractivity contribution < 1.29 is 18.3 Å². The monoisotopic (exact) mass is 269 g/mol. The van der Waals surface area contributed by atoms with Crippen LogP contribution in [0.25, 0.3) is 0 Å². The van der Waals surface area contributed by atoms with Gasteiger partial charge in [0.15, 0.2) is 0 Å². The van der Waals surface area contributed by atoms with Crippen molar-refractivity contribution in [2.24, 2.45) is 0 Å². The minimum absolute atomic E-state index is 0.0294. The molecule has 94 valence electrons. The molecule has 18 heavy (non-hydrogen) atoms. The molecule has 3 nitrogen and oxygen atoms in total. The first-order valence-electron chi connectivity index (χ1n) is 5.03. The quantitative estimate of drug-likeness (QED) is 0.799. The summed E-state index contributed by atoms with van der Waals surface area (Å²) in [4.78, 5) is 15.6. The third-order valence-electron chi connectivity index (χ3n) is 2.34. The van der Waals surface area contributed by atoms with E-state index in [1.807, 2.05) is 0 Å². The van der Waals surface area contributed by atoms with E-state index in [-0.39, 0.29) is 4.88 Å². The molecule has 0 saturated carbocycles. The Morgan fingerprint density at radius 1 is 1.44 bits per heavy atom. The standard InChI is InChI=1S/C12H9F2NO2S/c1-17-8-4-2-3-7(5-8)10(16)11-9(12(13)14)15-6-18-11/h2-6,12H,1H3. The van der Waals surface area contributed by atoms with Crippen molar-refractivity contribution in [2.75, 3.05) is 7.11 Å². The zero-order chi connectivity index (χ0) is 13.1. The first-order chi connectivity index (χ1) is 8.63. The fourth-order valence-corrected chi connectivity index (χ4v) is 2.23. The lowest BCUT2D eigenvalue weighted by Crippen LogP contribution is -2.03. The van der Waals surface area contributed by atoms with Crippen molar-refractivity contribution in [2.45, 2.75) is 6.43 Å². The molecule has 1 aromatic carbocycles. The number of nitrogens with zero attached hydrogens (tertiary/aromatic N) is 1. The second-order valence-electron chi connectivity index (χ2n) is 3.43. The van der Waals surface area contributed by atoms with Crippen molar-refractivity contribution in [3.05, 3.63) is 45.9 Å². The van der Waals surface area contributed by atoms with Gasteiger partial charge >= 0.3 is 0 Å². The molecule has 1 heterocycles. The molecule has 0 atom stereocenters. The molecule has 0 bridgehead atoms. The fraction of sp³-hybridized carbons (Fsp3) is 0.167.